The molecule has 1 aliphatic heterocycles. The molecule has 11 heteroatoms. The fourth-order valence-electron chi connectivity index (χ4n) is 4.98. The highest BCUT2D eigenvalue weighted by Crippen LogP contribution is 2.47. The molecule has 0 bridgehead atoms. The summed E-state index contributed by atoms with van der Waals surface area (Å²) in [6.45, 7) is -1.55. The largest absolute Gasteiger partial charge is 0.435 e. The van der Waals surface area contributed by atoms with Gasteiger partial charge in [-0.15, -0.1) is 0 Å². The molecule has 184 valence electrons. The first-order valence-electron chi connectivity index (χ1n) is 11.6. The lowest BCUT2D eigenvalue weighted by molar-refractivity contribution is -0.120. The summed E-state index contributed by atoms with van der Waals surface area (Å²) in [7, 11) is 0. The number of aliphatic hydroxyl groups excluding tert-OH is 1. The molecular weight excluding hydrogens is 470 g/mol. The van der Waals surface area contributed by atoms with E-state index in [2.05, 4.69) is 20.3 Å². The van der Waals surface area contributed by atoms with Crippen molar-refractivity contribution in [3.05, 3.63) is 71.9 Å². The lowest BCUT2D eigenvalue weighted by atomic mass is 9.95. The number of anilines is 1. The van der Waals surface area contributed by atoms with Crippen LogP contribution in [0.1, 0.15) is 35.4 Å². The van der Waals surface area contributed by atoms with Crippen LogP contribution in [0.5, 0.6) is 5.75 Å². The van der Waals surface area contributed by atoms with Gasteiger partial charge in [0.05, 0.1) is 24.0 Å². The average Bonchev–Trinajstić information content (AvgIpc) is 3.41. The molecule has 9 nitrogen and oxygen atoms in total. The summed E-state index contributed by atoms with van der Waals surface area (Å²) < 4.78 is 32.7. The number of hydrogen-bond donors (Lipinski definition) is 2. The summed E-state index contributed by atoms with van der Waals surface area (Å²) in [5.41, 5.74) is 4.06. The Labute approximate surface area is 204 Å². The quantitative estimate of drug-likeness (QED) is 0.441. The molecule has 2 N–H and O–H groups in total. The first-order chi connectivity index (χ1) is 17.5. The van der Waals surface area contributed by atoms with E-state index < -0.39 is 12.7 Å². The van der Waals surface area contributed by atoms with E-state index in [1.165, 1.54) is 6.07 Å². The summed E-state index contributed by atoms with van der Waals surface area (Å²) in [6, 6.07) is 10.4. The van der Waals surface area contributed by atoms with Crippen molar-refractivity contribution in [1.29, 1.82) is 0 Å². The second-order valence-corrected chi connectivity index (χ2v) is 8.79. The number of aromatic nitrogens is 4. The molecule has 1 fully saturated rings. The number of pyridine rings is 1. The number of halogens is 2. The topological polar surface area (TPSA) is 105 Å². The number of nitrogens with zero attached hydrogens (tertiary/aromatic N) is 5. The molecule has 1 amide bonds. The second-order valence-electron chi connectivity index (χ2n) is 8.79. The van der Waals surface area contributed by atoms with Crippen LogP contribution in [0, 0.1) is 0 Å². The third kappa shape index (κ3) is 3.91. The Morgan fingerprint density at radius 3 is 2.69 bits per heavy atom. The highest BCUT2D eigenvalue weighted by molar-refractivity contribution is 5.82. The average molecular weight is 492 g/mol. The van der Waals surface area contributed by atoms with Crippen LogP contribution < -0.4 is 15.0 Å². The molecule has 3 aromatic heterocycles. The van der Waals surface area contributed by atoms with Crippen LogP contribution in [0.2, 0.25) is 0 Å². The summed E-state index contributed by atoms with van der Waals surface area (Å²) in [4.78, 5) is 27.0. The van der Waals surface area contributed by atoms with Gasteiger partial charge in [-0.1, -0.05) is 18.2 Å². The van der Waals surface area contributed by atoms with Crippen molar-refractivity contribution in [2.75, 3.05) is 24.5 Å². The molecule has 4 heterocycles. The maximum atomic E-state index is 13.0. The Bertz CT molecular complexity index is 1440. The minimum atomic E-state index is -2.95. The lowest BCUT2D eigenvalue weighted by Gasteiger charge is -2.26. The molecule has 2 atom stereocenters. The monoisotopic (exact) mass is 492 g/mol. The number of rotatable bonds is 5. The fraction of sp³-hybridized carbons (Fsp3) is 0.280. The highest BCUT2D eigenvalue weighted by Gasteiger charge is 2.37. The number of imidazole rings is 1. The summed E-state index contributed by atoms with van der Waals surface area (Å²) >= 11 is 0. The number of para-hydroxylation sites is 1. The van der Waals surface area contributed by atoms with Gasteiger partial charge < -0.3 is 24.5 Å². The minimum absolute atomic E-state index is 0.0643. The zero-order valence-corrected chi connectivity index (χ0v) is 19.0. The number of hydrogen-bond acceptors (Lipinski definition) is 7. The molecule has 2 unspecified atom stereocenters. The third-order valence-corrected chi connectivity index (χ3v) is 6.59. The van der Waals surface area contributed by atoms with Crippen molar-refractivity contribution in [2.24, 2.45) is 0 Å². The van der Waals surface area contributed by atoms with Gasteiger partial charge >= 0.3 is 6.61 Å². The molecule has 0 saturated carbocycles. The van der Waals surface area contributed by atoms with E-state index in [0.29, 0.717) is 42.4 Å². The zero-order chi connectivity index (χ0) is 24.8. The predicted octanol–water partition coefficient (Wildman–Crippen LogP) is 2.90. The molecule has 1 aromatic carbocycles. The number of nitrogens with one attached hydrogen (secondary N) is 1. The number of carbonyl (C=O) groups excluding carboxylic acids is 1. The molecule has 1 aliphatic carbocycles. The van der Waals surface area contributed by atoms with E-state index in [4.69, 9.17) is 4.74 Å². The fourth-order valence-corrected chi connectivity index (χ4v) is 4.98. The number of fused-ring (bicyclic) bond motifs is 3. The van der Waals surface area contributed by atoms with E-state index in [1.54, 1.807) is 30.6 Å². The number of ether oxygens (including phenoxy) is 1. The normalized spacial score (nSPS) is 19.6. The highest BCUT2D eigenvalue weighted by atomic mass is 19.3. The van der Waals surface area contributed by atoms with Gasteiger partial charge in [0.1, 0.15) is 11.4 Å². The molecule has 0 radical (unpaired) electrons. The predicted molar refractivity (Wildman–Crippen MR) is 126 cm³/mol. The van der Waals surface area contributed by atoms with Crippen molar-refractivity contribution < 1.29 is 23.4 Å². The Morgan fingerprint density at radius 1 is 1.11 bits per heavy atom. The standard InChI is InChI=1S/C25H22F2N6O3/c26-24(27)36-19-4-2-1-3-16(19)17-9-18(34)22-23(17)33-12-14(5-6-20(33)31-22)15-10-29-25(30-11-15)32-8-7-28-21(35)13-32/h1-6,10-12,17-18,24,34H,7-9,13H2,(H,28,35). The van der Waals surface area contributed by atoms with Gasteiger partial charge in [0.15, 0.2) is 0 Å². The van der Waals surface area contributed by atoms with Gasteiger partial charge in [-0.2, -0.15) is 8.78 Å². The van der Waals surface area contributed by atoms with Crippen molar-refractivity contribution in [1.82, 2.24) is 24.7 Å². The second kappa shape index (κ2) is 8.83. The van der Waals surface area contributed by atoms with E-state index in [1.807, 2.05) is 27.6 Å². The van der Waals surface area contributed by atoms with Crippen LogP contribution >= 0.6 is 0 Å². The molecule has 0 spiro atoms. The first-order valence-corrected chi connectivity index (χ1v) is 11.6. The van der Waals surface area contributed by atoms with Gasteiger partial charge in [0.2, 0.25) is 11.9 Å². The molecule has 1 saturated heterocycles. The van der Waals surface area contributed by atoms with Crippen molar-refractivity contribution >= 4 is 17.5 Å². The van der Waals surface area contributed by atoms with Crippen molar-refractivity contribution in [3.8, 4) is 16.9 Å². The van der Waals surface area contributed by atoms with Crippen molar-refractivity contribution in [3.63, 3.8) is 0 Å². The van der Waals surface area contributed by atoms with Crippen LogP contribution in [-0.4, -0.2) is 56.6 Å². The molecule has 36 heavy (non-hydrogen) atoms. The van der Waals surface area contributed by atoms with Crippen LogP contribution in [0.15, 0.2) is 55.0 Å². The lowest BCUT2D eigenvalue weighted by Crippen LogP contribution is -2.48. The first kappa shape index (κ1) is 22.4. The van der Waals surface area contributed by atoms with E-state index in [-0.39, 0.29) is 24.1 Å². The van der Waals surface area contributed by atoms with Gasteiger partial charge in [0.25, 0.3) is 0 Å². The number of benzene rings is 1. The van der Waals surface area contributed by atoms with Gasteiger partial charge in [-0.05, 0) is 24.6 Å². The summed E-state index contributed by atoms with van der Waals surface area (Å²) in [5, 5.41) is 13.5. The Hall–Kier alpha value is -4.12. The number of aliphatic hydroxyl groups is 1. The summed E-state index contributed by atoms with van der Waals surface area (Å²) in [6.07, 6.45) is 4.78. The SMILES string of the molecule is O=C1CN(c2ncc(-c3ccc4nc5c(n4c3)C(c3ccccc3OC(F)F)CC5O)cn2)CCN1. The van der Waals surface area contributed by atoms with Gasteiger partial charge in [0, 0.05) is 54.3 Å². The maximum Gasteiger partial charge on any atom is 0.387 e. The third-order valence-electron chi connectivity index (χ3n) is 6.59. The number of piperazine rings is 1. The number of carbonyl (C=O) groups is 1. The van der Waals surface area contributed by atoms with Gasteiger partial charge in [-0.3, -0.25) is 4.79 Å². The van der Waals surface area contributed by atoms with Crippen LogP contribution in [-0.2, 0) is 4.79 Å². The Morgan fingerprint density at radius 2 is 1.92 bits per heavy atom. The Balaban J connectivity index is 1.37. The number of amides is 1. The van der Waals surface area contributed by atoms with E-state index in [0.717, 1.165) is 16.8 Å². The van der Waals surface area contributed by atoms with E-state index >= 15 is 0 Å². The van der Waals surface area contributed by atoms with Crippen LogP contribution in [0.25, 0.3) is 16.8 Å². The number of alkyl halides is 2. The van der Waals surface area contributed by atoms with E-state index in [9.17, 15) is 18.7 Å². The molecule has 4 aromatic rings. The summed E-state index contributed by atoms with van der Waals surface area (Å²) in [5.74, 6) is 0.126. The minimum Gasteiger partial charge on any atom is -0.435 e. The van der Waals surface area contributed by atoms with Crippen LogP contribution in [0.3, 0.4) is 0 Å². The maximum absolute atomic E-state index is 13.0. The van der Waals surface area contributed by atoms with Crippen LogP contribution in [0.4, 0.5) is 14.7 Å². The van der Waals surface area contributed by atoms with Crippen molar-refractivity contribution in [2.45, 2.75) is 25.1 Å². The Kier molecular flexibility index (Phi) is 5.48. The molecular formula is C25H22F2N6O3. The van der Waals surface area contributed by atoms with Gasteiger partial charge in [-0.25, -0.2) is 15.0 Å². The zero-order valence-electron chi connectivity index (χ0n) is 19.0. The smallest absolute Gasteiger partial charge is 0.387 e. The molecule has 6 rings (SSSR count). The molecule has 2 aliphatic rings.